The first kappa shape index (κ1) is 24.4. The average molecular weight is 429 g/mol. The van der Waals surface area contributed by atoms with Crippen LogP contribution in [0.4, 0.5) is 0 Å². The fourth-order valence-corrected chi connectivity index (χ4v) is 2.86. The molecule has 0 bridgehead atoms. The summed E-state index contributed by atoms with van der Waals surface area (Å²) in [5.74, 6) is 1.37. The third kappa shape index (κ3) is 11.8. The lowest BCUT2D eigenvalue weighted by Gasteiger charge is -2.09. The van der Waals surface area contributed by atoms with Gasteiger partial charge in [0.2, 0.25) is 0 Å². The third-order valence-electron chi connectivity index (χ3n) is 4.47. The van der Waals surface area contributed by atoms with Crippen LogP contribution in [0.1, 0.15) is 51.0 Å². The predicted molar refractivity (Wildman–Crippen MR) is 118 cm³/mol. The highest BCUT2D eigenvalue weighted by molar-refractivity contribution is 5.76. The number of ketones is 1. The van der Waals surface area contributed by atoms with E-state index in [1.807, 2.05) is 54.6 Å². The van der Waals surface area contributed by atoms with Crippen LogP contribution in [0.15, 0.2) is 54.6 Å². The van der Waals surface area contributed by atoms with E-state index in [1.54, 1.807) is 0 Å². The van der Waals surface area contributed by atoms with E-state index in [9.17, 15) is 9.59 Å². The zero-order chi connectivity index (χ0) is 22.2. The molecule has 0 saturated heterocycles. The largest absolute Gasteiger partial charge is 0.494 e. The second-order valence-electron chi connectivity index (χ2n) is 7.30. The molecule has 6 nitrogen and oxygen atoms in total. The standard InChI is InChI=1S/C25H32O6/c1-21(26)10-7-16-25(27)31-30-19-9-12-22-11-8-15-24(20-22)29-18-6-5-17-28-23-13-3-2-4-14-23/h2-4,8,11,13-15,20H,5-7,9-10,12,16-19H2,1H3. The van der Waals surface area contributed by atoms with Crippen molar-refractivity contribution in [2.24, 2.45) is 0 Å². The summed E-state index contributed by atoms with van der Waals surface area (Å²) in [4.78, 5) is 32.0. The van der Waals surface area contributed by atoms with Crippen molar-refractivity contribution in [3.63, 3.8) is 0 Å². The molecule has 0 aliphatic rings. The van der Waals surface area contributed by atoms with Crippen molar-refractivity contribution < 1.29 is 28.8 Å². The molecule has 0 aliphatic heterocycles. The minimum atomic E-state index is -0.439. The molecular weight excluding hydrogens is 396 g/mol. The Bertz CT molecular complexity index is 775. The molecule has 2 rings (SSSR count). The lowest BCUT2D eigenvalue weighted by Crippen LogP contribution is -2.07. The van der Waals surface area contributed by atoms with E-state index >= 15 is 0 Å². The van der Waals surface area contributed by atoms with E-state index in [-0.39, 0.29) is 12.2 Å². The van der Waals surface area contributed by atoms with Crippen LogP contribution >= 0.6 is 0 Å². The van der Waals surface area contributed by atoms with Crippen molar-refractivity contribution in [2.75, 3.05) is 19.8 Å². The Hall–Kier alpha value is -2.86. The van der Waals surface area contributed by atoms with E-state index in [0.717, 1.165) is 42.7 Å². The van der Waals surface area contributed by atoms with E-state index in [4.69, 9.17) is 19.2 Å². The molecule has 0 amide bonds. The molecular formula is C25H32O6. The number of aryl methyl sites for hydroxylation is 1. The average Bonchev–Trinajstić information content (AvgIpc) is 2.77. The Balaban J connectivity index is 1.52. The minimum absolute atomic E-state index is 0.0667. The van der Waals surface area contributed by atoms with Crippen molar-refractivity contribution in [3.05, 3.63) is 60.2 Å². The molecule has 0 aromatic heterocycles. The number of ether oxygens (including phenoxy) is 2. The van der Waals surface area contributed by atoms with Gasteiger partial charge in [0.25, 0.3) is 0 Å². The van der Waals surface area contributed by atoms with Crippen LogP contribution in [-0.4, -0.2) is 31.6 Å². The zero-order valence-corrected chi connectivity index (χ0v) is 18.2. The summed E-state index contributed by atoms with van der Waals surface area (Å²) in [6.07, 6.45) is 4.43. The lowest BCUT2D eigenvalue weighted by molar-refractivity contribution is -0.272. The quantitative estimate of drug-likeness (QED) is 0.211. The number of hydrogen-bond donors (Lipinski definition) is 0. The summed E-state index contributed by atoms with van der Waals surface area (Å²) < 4.78 is 11.5. The van der Waals surface area contributed by atoms with Gasteiger partial charge in [0.15, 0.2) is 0 Å². The number of para-hydroxylation sites is 1. The molecule has 2 aromatic rings. The van der Waals surface area contributed by atoms with Crippen LogP contribution in [0, 0.1) is 0 Å². The molecule has 0 atom stereocenters. The van der Waals surface area contributed by atoms with Crippen molar-refractivity contribution in [2.45, 2.75) is 51.9 Å². The Morgan fingerprint density at radius 2 is 1.45 bits per heavy atom. The number of rotatable bonds is 16. The molecule has 0 N–H and O–H groups in total. The molecule has 6 heteroatoms. The summed E-state index contributed by atoms with van der Waals surface area (Å²) in [7, 11) is 0. The maximum absolute atomic E-state index is 11.5. The summed E-state index contributed by atoms with van der Waals surface area (Å²) in [6, 6.07) is 17.8. The predicted octanol–water partition coefficient (Wildman–Crippen LogP) is 5.09. The third-order valence-corrected chi connectivity index (χ3v) is 4.47. The molecule has 0 unspecified atom stereocenters. The second-order valence-corrected chi connectivity index (χ2v) is 7.30. The van der Waals surface area contributed by atoms with Crippen LogP contribution in [0.5, 0.6) is 11.5 Å². The number of hydrogen-bond acceptors (Lipinski definition) is 6. The highest BCUT2D eigenvalue weighted by Crippen LogP contribution is 2.15. The van der Waals surface area contributed by atoms with Crippen LogP contribution in [-0.2, 0) is 25.8 Å². The van der Waals surface area contributed by atoms with Gasteiger partial charge in [-0.3, -0.25) is 4.89 Å². The van der Waals surface area contributed by atoms with E-state index in [2.05, 4.69) is 0 Å². The molecule has 2 aromatic carbocycles. The van der Waals surface area contributed by atoms with Crippen molar-refractivity contribution in [1.29, 1.82) is 0 Å². The smallest absolute Gasteiger partial charge is 0.342 e. The molecule has 0 spiro atoms. The van der Waals surface area contributed by atoms with Gasteiger partial charge >= 0.3 is 5.97 Å². The normalized spacial score (nSPS) is 10.5. The number of Topliss-reactive ketones (excluding diaryl/α,β-unsaturated/α-hetero) is 1. The number of unbranched alkanes of at least 4 members (excludes halogenated alkanes) is 1. The maximum atomic E-state index is 11.5. The van der Waals surface area contributed by atoms with Gasteiger partial charge in [-0.25, -0.2) is 4.79 Å². The summed E-state index contributed by atoms with van der Waals surface area (Å²) in [6.45, 7) is 3.15. The number of benzene rings is 2. The molecule has 0 heterocycles. The van der Waals surface area contributed by atoms with Gasteiger partial charge < -0.3 is 14.3 Å². The Morgan fingerprint density at radius 1 is 0.742 bits per heavy atom. The molecule has 0 saturated carbocycles. The molecule has 0 aliphatic carbocycles. The van der Waals surface area contributed by atoms with Gasteiger partial charge in [-0.1, -0.05) is 30.3 Å². The number of carbonyl (C=O) groups is 2. The van der Waals surface area contributed by atoms with Gasteiger partial charge in [-0.15, -0.1) is 0 Å². The van der Waals surface area contributed by atoms with Crippen molar-refractivity contribution >= 4 is 11.8 Å². The monoisotopic (exact) mass is 428 g/mol. The van der Waals surface area contributed by atoms with Gasteiger partial charge in [0, 0.05) is 12.8 Å². The van der Waals surface area contributed by atoms with Gasteiger partial charge in [0.05, 0.1) is 19.8 Å². The topological polar surface area (TPSA) is 71.1 Å². The summed E-state index contributed by atoms with van der Waals surface area (Å²) in [5, 5.41) is 0. The first-order valence-electron chi connectivity index (χ1n) is 10.8. The Labute approximate surface area is 184 Å². The fourth-order valence-electron chi connectivity index (χ4n) is 2.86. The van der Waals surface area contributed by atoms with Crippen molar-refractivity contribution in [3.8, 4) is 11.5 Å². The summed E-state index contributed by atoms with van der Waals surface area (Å²) >= 11 is 0. The van der Waals surface area contributed by atoms with Gasteiger partial charge in [-0.2, -0.15) is 4.89 Å². The van der Waals surface area contributed by atoms with Crippen molar-refractivity contribution in [1.82, 2.24) is 0 Å². The SMILES string of the molecule is CC(=O)CCCC(=O)OOCCCc1cccc(OCCCCOc2ccccc2)c1. The molecule has 0 fully saturated rings. The van der Waals surface area contributed by atoms with E-state index in [0.29, 0.717) is 32.7 Å². The van der Waals surface area contributed by atoms with E-state index in [1.165, 1.54) is 6.92 Å². The fraction of sp³-hybridized carbons (Fsp3) is 0.440. The minimum Gasteiger partial charge on any atom is -0.494 e. The van der Waals surface area contributed by atoms with Crippen LogP contribution < -0.4 is 9.47 Å². The molecule has 168 valence electrons. The Morgan fingerprint density at radius 3 is 2.19 bits per heavy atom. The Kier molecular flexibility index (Phi) is 11.8. The molecule has 31 heavy (non-hydrogen) atoms. The zero-order valence-electron chi connectivity index (χ0n) is 18.2. The molecule has 0 radical (unpaired) electrons. The summed E-state index contributed by atoms with van der Waals surface area (Å²) in [5.41, 5.74) is 1.14. The van der Waals surface area contributed by atoms with Crippen LogP contribution in [0.25, 0.3) is 0 Å². The van der Waals surface area contributed by atoms with Crippen LogP contribution in [0.3, 0.4) is 0 Å². The number of carbonyl (C=O) groups excluding carboxylic acids is 2. The highest BCUT2D eigenvalue weighted by Gasteiger charge is 2.05. The second kappa shape index (κ2) is 15.0. The first-order valence-corrected chi connectivity index (χ1v) is 10.8. The van der Waals surface area contributed by atoms with Gasteiger partial charge in [-0.05, 0) is 68.9 Å². The van der Waals surface area contributed by atoms with Crippen LogP contribution in [0.2, 0.25) is 0 Å². The van der Waals surface area contributed by atoms with Gasteiger partial charge in [0.1, 0.15) is 17.3 Å². The first-order chi connectivity index (χ1) is 15.1. The highest BCUT2D eigenvalue weighted by atomic mass is 17.2. The lowest BCUT2D eigenvalue weighted by atomic mass is 10.1. The van der Waals surface area contributed by atoms with E-state index < -0.39 is 5.97 Å². The maximum Gasteiger partial charge on any atom is 0.342 e.